The van der Waals surface area contributed by atoms with Crippen molar-refractivity contribution in [2.24, 2.45) is 5.92 Å². The van der Waals surface area contributed by atoms with Crippen LogP contribution in [0.2, 0.25) is 5.02 Å². The first kappa shape index (κ1) is 14.8. The van der Waals surface area contributed by atoms with Crippen LogP contribution < -0.4 is 5.32 Å². The number of amides is 1. The van der Waals surface area contributed by atoms with Crippen molar-refractivity contribution in [1.82, 2.24) is 5.32 Å². The van der Waals surface area contributed by atoms with Crippen molar-refractivity contribution in [3.8, 4) is 0 Å². The molecule has 0 spiro atoms. The molecular formula is C14H17ClN2O3. The number of rotatable bonds is 3. The number of nitro groups is 1. The minimum Gasteiger partial charge on any atom is -0.349 e. The van der Waals surface area contributed by atoms with E-state index in [0.29, 0.717) is 5.92 Å². The second-order valence-corrected chi connectivity index (χ2v) is 5.76. The van der Waals surface area contributed by atoms with Gasteiger partial charge in [0.1, 0.15) is 0 Å². The molecule has 1 N–H and O–H groups in total. The Morgan fingerprint density at radius 3 is 2.55 bits per heavy atom. The van der Waals surface area contributed by atoms with Crippen LogP contribution in [0.1, 0.15) is 43.0 Å². The summed E-state index contributed by atoms with van der Waals surface area (Å²) < 4.78 is 0. The molecule has 0 saturated heterocycles. The zero-order valence-electron chi connectivity index (χ0n) is 11.3. The second kappa shape index (κ2) is 6.22. The van der Waals surface area contributed by atoms with E-state index in [4.69, 9.17) is 11.6 Å². The van der Waals surface area contributed by atoms with E-state index in [1.165, 1.54) is 18.2 Å². The van der Waals surface area contributed by atoms with Gasteiger partial charge in [-0.15, -0.1) is 0 Å². The van der Waals surface area contributed by atoms with Crippen LogP contribution in [0.3, 0.4) is 0 Å². The van der Waals surface area contributed by atoms with Crippen molar-refractivity contribution >= 4 is 23.2 Å². The largest absolute Gasteiger partial charge is 0.349 e. The zero-order chi connectivity index (χ0) is 14.7. The maximum absolute atomic E-state index is 12.1. The Labute approximate surface area is 122 Å². The fourth-order valence-electron chi connectivity index (χ4n) is 2.47. The number of hydrogen-bond acceptors (Lipinski definition) is 3. The predicted octanol–water partition coefficient (Wildman–Crippen LogP) is 3.56. The highest BCUT2D eigenvalue weighted by Crippen LogP contribution is 2.25. The third-order valence-electron chi connectivity index (χ3n) is 3.76. The fraction of sp³-hybridized carbons (Fsp3) is 0.500. The van der Waals surface area contributed by atoms with Crippen LogP contribution in [0, 0.1) is 16.0 Å². The van der Waals surface area contributed by atoms with Gasteiger partial charge in [-0.05, 0) is 37.7 Å². The lowest BCUT2D eigenvalue weighted by Crippen LogP contribution is -2.37. The number of nitrogens with one attached hydrogen (secondary N) is 1. The Hall–Kier alpha value is -1.62. The second-order valence-electron chi connectivity index (χ2n) is 5.35. The van der Waals surface area contributed by atoms with Crippen LogP contribution in [-0.2, 0) is 0 Å². The molecule has 1 aliphatic carbocycles. The zero-order valence-corrected chi connectivity index (χ0v) is 12.0. The quantitative estimate of drug-likeness (QED) is 0.684. The lowest BCUT2D eigenvalue weighted by Gasteiger charge is -2.27. The molecule has 1 fully saturated rings. The van der Waals surface area contributed by atoms with Crippen molar-refractivity contribution in [3.63, 3.8) is 0 Å². The third kappa shape index (κ3) is 3.48. The Balaban J connectivity index is 2.04. The molecular weight excluding hydrogens is 280 g/mol. The van der Waals surface area contributed by atoms with Gasteiger partial charge in [0.25, 0.3) is 11.6 Å². The first-order chi connectivity index (χ1) is 9.47. The molecule has 0 aliphatic heterocycles. The van der Waals surface area contributed by atoms with Crippen LogP contribution >= 0.6 is 11.6 Å². The number of hydrogen-bond donors (Lipinski definition) is 1. The monoisotopic (exact) mass is 296 g/mol. The molecule has 1 amide bonds. The highest BCUT2D eigenvalue weighted by atomic mass is 35.5. The van der Waals surface area contributed by atoms with Gasteiger partial charge in [-0.1, -0.05) is 18.5 Å². The molecule has 0 unspecified atom stereocenters. The van der Waals surface area contributed by atoms with E-state index in [1.807, 2.05) is 0 Å². The standard InChI is InChI=1S/C14H17ClN2O3/c1-9-2-4-10(5-3-9)16-14(18)12-7-6-11(17(19)20)8-13(12)15/h6-10H,2-5H2,1H3,(H,16,18). The van der Waals surface area contributed by atoms with E-state index in [-0.39, 0.29) is 28.2 Å². The molecule has 2 rings (SSSR count). The lowest BCUT2D eigenvalue weighted by atomic mass is 9.87. The number of halogens is 1. The molecule has 1 aromatic rings. The summed E-state index contributed by atoms with van der Waals surface area (Å²) in [6.07, 6.45) is 4.16. The van der Waals surface area contributed by atoms with Gasteiger partial charge in [-0.25, -0.2) is 0 Å². The minimum atomic E-state index is -0.532. The molecule has 0 heterocycles. The SMILES string of the molecule is CC1CCC(NC(=O)c2ccc([N+](=O)[O-])cc2Cl)CC1. The predicted molar refractivity (Wildman–Crippen MR) is 77.0 cm³/mol. The smallest absolute Gasteiger partial charge is 0.270 e. The van der Waals surface area contributed by atoms with E-state index in [9.17, 15) is 14.9 Å². The molecule has 0 bridgehead atoms. The Morgan fingerprint density at radius 2 is 2.00 bits per heavy atom. The van der Waals surface area contributed by atoms with Crippen molar-refractivity contribution in [2.45, 2.75) is 38.6 Å². The van der Waals surface area contributed by atoms with E-state index < -0.39 is 4.92 Å². The number of nitrogens with zero attached hydrogens (tertiary/aromatic N) is 1. The summed E-state index contributed by atoms with van der Waals surface area (Å²) in [5.41, 5.74) is 0.175. The molecule has 1 aliphatic rings. The molecule has 6 heteroatoms. The van der Waals surface area contributed by atoms with Crippen LogP contribution in [0.5, 0.6) is 0 Å². The van der Waals surface area contributed by atoms with Gasteiger partial charge >= 0.3 is 0 Å². The van der Waals surface area contributed by atoms with Crippen LogP contribution in [-0.4, -0.2) is 16.9 Å². The Bertz CT molecular complexity index is 525. The summed E-state index contributed by atoms with van der Waals surface area (Å²) in [6, 6.07) is 4.08. The van der Waals surface area contributed by atoms with Gasteiger partial charge in [-0.2, -0.15) is 0 Å². The summed E-state index contributed by atoms with van der Waals surface area (Å²) in [6.45, 7) is 2.21. The normalized spacial score (nSPS) is 22.3. The molecule has 0 atom stereocenters. The topological polar surface area (TPSA) is 72.2 Å². The maximum Gasteiger partial charge on any atom is 0.270 e. The third-order valence-corrected chi connectivity index (χ3v) is 4.07. The minimum absolute atomic E-state index is 0.112. The summed E-state index contributed by atoms with van der Waals surface area (Å²) in [5.74, 6) is 0.454. The van der Waals surface area contributed by atoms with E-state index in [1.54, 1.807) is 0 Å². The van der Waals surface area contributed by atoms with Gasteiger partial charge in [0, 0.05) is 18.2 Å². The van der Waals surface area contributed by atoms with Gasteiger partial charge in [-0.3, -0.25) is 14.9 Å². The molecule has 5 nitrogen and oxygen atoms in total. The van der Waals surface area contributed by atoms with Gasteiger partial charge in [0.2, 0.25) is 0 Å². The van der Waals surface area contributed by atoms with Crippen molar-refractivity contribution in [1.29, 1.82) is 0 Å². The fourth-order valence-corrected chi connectivity index (χ4v) is 2.73. The van der Waals surface area contributed by atoms with Crippen molar-refractivity contribution in [3.05, 3.63) is 38.9 Å². The molecule has 108 valence electrons. The summed E-state index contributed by atoms with van der Waals surface area (Å²) >= 11 is 5.94. The summed E-state index contributed by atoms with van der Waals surface area (Å²) in [5, 5.41) is 13.7. The van der Waals surface area contributed by atoms with Gasteiger partial charge in [0.15, 0.2) is 0 Å². The number of nitro benzene ring substituents is 1. The van der Waals surface area contributed by atoms with E-state index in [0.717, 1.165) is 25.7 Å². The van der Waals surface area contributed by atoms with Crippen LogP contribution in [0.4, 0.5) is 5.69 Å². The summed E-state index contributed by atoms with van der Waals surface area (Å²) in [4.78, 5) is 22.2. The molecule has 0 radical (unpaired) electrons. The van der Waals surface area contributed by atoms with E-state index in [2.05, 4.69) is 12.2 Å². The van der Waals surface area contributed by atoms with Crippen molar-refractivity contribution < 1.29 is 9.72 Å². The van der Waals surface area contributed by atoms with Gasteiger partial charge in [0.05, 0.1) is 15.5 Å². The average Bonchev–Trinajstić information content (AvgIpc) is 2.41. The number of non-ortho nitro benzene ring substituents is 1. The molecule has 20 heavy (non-hydrogen) atoms. The molecule has 0 aromatic heterocycles. The molecule has 1 aromatic carbocycles. The van der Waals surface area contributed by atoms with Gasteiger partial charge < -0.3 is 5.32 Å². The van der Waals surface area contributed by atoms with Crippen molar-refractivity contribution in [2.75, 3.05) is 0 Å². The first-order valence-electron chi connectivity index (χ1n) is 6.72. The average molecular weight is 297 g/mol. The van der Waals surface area contributed by atoms with E-state index >= 15 is 0 Å². The Kier molecular flexibility index (Phi) is 4.60. The highest BCUT2D eigenvalue weighted by Gasteiger charge is 2.22. The first-order valence-corrected chi connectivity index (χ1v) is 7.10. The van der Waals surface area contributed by atoms with Crippen LogP contribution in [0.25, 0.3) is 0 Å². The van der Waals surface area contributed by atoms with Crippen LogP contribution in [0.15, 0.2) is 18.2 Å². The Morgan fingerprint density at radius 1 is 1.35 bits per heavy atom. The number of carbonyl (C=O) groups is 1. The molecule has 1 saturated carbocycles. The highest BCUT2D eigenvalue weighted by molar-refractivity contribution is 6.34. The number of benzene rings is 1. The maximum atomic E-state index is 12.1. The lowest BCUT2D eigenvalue weighted by molar-refractivity contribution is -0.384. The summed E-state index contributed by atoms with van der Waals surface area (Å²) in [7, 11) is 0. The number of carbonyl (C=O) groups excluding carboxylic acids is 1.